The zero-order valence-corrected chi connectivity index (χ0v) is 11.3. The molecule has 0 saturated heterocycles. The summed E-state index contributed by atoms with van der Waals surface area (Å²) in [5.74, 6) is 0.861. The Hall–Kier alpha value is -2.17. The Morgan fingerprint density at radius 2 is 1.70 bits per heavy atom. The third-order valence-corrected chi connectivity index (χ3v) is 3.32. The molecule has 1 heterocycles. The van der Waals surface area contributed by atoms with Gasteiger partial charge in [-0.15, -0.1) is 0 Å². The monoisotopic (exact) mass is 285 g/mol. The molecular formula is C15H12ClN3O. The van der Waals surface area contributed by atoms with E-state index in [0.29, 0.717) is 16.7 Å². The lowest BCUT2D eigenvalue weighted by Crippen LogP contribution is -2.12. The molecule has 3 aromatic rings. The van der Waals surface area contributed by atoms with Crippen LogP contribution in [0.4, 0.5) is 0 Å². The first-order valence-corrected chi connectivity index (χ1v) is 6.52. The molecule has 0 unspecified atom stereocenters. The average Bonchev–Trinajstić information content (AvgIpc) is 2.98. The van der Waals surface area contributed by atoms with Gasteiger partial charge in [-0.05, 0) is 11.6 Å². The molecule has 0 aliphatic rings. The Morgan fingerprint density at radius 1 is 1.00 bits per heavy atom. The van der Waals surface area contributed by atoms with Crippen LogP contribution in [0.15, 0.2) is 59.1 Å². The van der Waals surface area contributed by atoms with Crippen molar-refractivity contribution in [3.63, 3.8) is 0 Å². The van der Waals surface area contributed by atoms with Gasteiger partial charge in [0.2, 0.25) is 11.7 Å². The van der Waals surface area contributed by atoms with E-state index in [0.717, 1.165) is 11.1 Å². The van der Waals surface area contributed by atoms with E-state index in [-0.39, 0.29) is 0 Å². The van der Waals surface area contributed by atoms with Gasteiger partial charge in [-0.25, -0.2) is 0 Å². The Balaban J connectivity index is 1.93. The van der Waals surface area contributed by atoms with Crippen molar-refractivity contribution in [2.45, 2.75) is 6.04 Å². The minimum absolute atomic E-state index is 0.344. The lowest BCUT2D eigenvalue weighted by molar-refractivity contribution is 0.367. The first-order chi connectivity index (χ1) is 9.75. The lowest BCUT2D eigenvalue weighted by Gasteiger charge is -2.08. The second kappa shape index (κ2) is 5.45. The third-order valence-electron chi connectivity index (χ3n) is 2.98. The Labute approximate surface area is 121 Å². The zero-order valence-electron chi connectivity index (χ0n) is 10.5. The summed E-state index contributed by atoms with van der Waals surface area (Å²) in [6.45, 7) is 0. The molecule has 5 heteroatoms. The van der Waals surface area contributed by atoms with E-state index in [9.17, 15) is 0 Å². The molecule has 1 atom stereocenters. The molecule has 0 saturated carbocycles. The number of nitrogens with zero attached hydrogens (tertiary/aromatic N) is 2. The molecule has 100 valence electrons. The average molecular weight is 286 g/mol. The second-order valence-electron chi connectivity index (χ2n) is 4.32. The van der Waals surface area contributed by atoms with Gasteiger partial charge in [-0.3, -0.25) is 0 Å². The van der Waals surface area contributed by atoms with Crippen LogP contribution in [0, 0.1) is 0 Å². The molecule has 4 nitrogen and oxygen atoms in total. The highest BCUT2D eigenvalue weighted by Gasteiger charge is 2.19. The summed E-state index contributed by atoms with van der Waals surface area (Å²) in [6.07, 6.45) is 0. The maximum atomic E-state index is 6.13. The van der Waals surface area contributed by atoms with Crippen LogP contribution in [0.25, 0.3) is 11.4 Å². The molecule has 0 aliphatic heterocycles. The molecule has 0 amide bonds. The minimum atomic E-state index is -0.534. The van der Waals surface area contributed by atoms with Crippen molar-refractivity contribution in [2.75, 3.05) is 0 Å². The molecule has 2 N–H and O–H groups in total. The molecule has 0 spiro atoms. The third kappa shape index (κ3) is 2.43. The van der Waals surface area contributed by atoms with Crippen molar-refractivity contribution >= 4 is 11.6 Å². The molecule has 1 aromatic heterocycles. The highest BCUT2D eigenvalue weighted by Crippen LogP contribution is 2.26. The Kier molecular flexibility index (Phi) is 3.50. The van der Waals surface area contributed by atoms with Gasteiger partial charge in [0.05, 0.1) is 0 Å². The molecule has 0 radical (unpaired) electrons. The van der Waals surface area contributed by atoms with Crippen LogP contribution in [0.3, 0.4) is 0 Å². The molecule has 0 bridgehead atoms. The zero-order chi connectivity index (χ0) is 13.9. The maximum absolute atomic E-state index is 6.13. The van der Waals surface area contributed by atoms with Gasteiger partial charge in [0, 0.05) is 10.6 Å². The normalized spacial score (nSPS) is 12.3. The first kappa shape index (κ1) is 12.8. The van der Waals surface area contributed by atoms with E-state index in [1.165, 1.54) is 0 Å². The summed E-state index contributed by atoms with van der Waals surface area (Å²) in [5, 5.41) is 4.54. The highest BCUT2D eigenvalue weighted by atomic mass is 35.5. The molecule has 0 fully saturated rings. The Bertz CT molecular complexity index is 712. The predicted octanol–water partition coefficient (Wildman–Crippen LogP) is 3.44. The van der Waals surface area contributed by atoms with Crippen molar-refractivity contribution in [1.29, 1.82) is 0 Å². The van der Waals surface area contributed by atoms with E-state index >= 15 is 0 Å². The van der Waals surface area contributed by atoms with Gasteiger partial charge in [0.15, 0.2) is 0 Å². The van der Waals surface area contributed by atoms with Crippen molar-refractivity contribution in [3.8, 4) is 11.4 Å². The fourth-order valence-electron chi connectivity index (χ4n) is 1.93. The van der Waals surface area contributed by atoms with Crippen molar-refractivity contribution < 1.29 is 4.52 Å². The summed E-state index contributed by atoms with van der Waals surface area (Å²) in [5.41, 5.74) is 7.77. The fourth-order valence-corrected chi connectivity index (χ4v) is 2.18. The topological polar surface area (TPSA) is 64.9 Å². The van der Waals surface area contributed by atoms with Crippen molar-refractivity contribution in [2.24, 2.45) is 5.73 Å². The standard InChI is InChI=1S/C15H12ClN3O/c16-12-9-5-4-8-11(12)13(17)15-18-14(19-20-15)10-6-2-1-3-7-10/h1-9,13H,17H2/t13-/m1/s1. The van der Waals surface area contributed by atoms with Gasteiger partial charge in [0.1, 0.15) is 6.04 Å². The van der Waals surface area contributed by atoms with Gasteiger partial charge >= 0.3 is 0 Å². The van der Waals surface area contributed by atoms with Gasteiger partial charge in [0.25, 0.3) is 0 Å². The molecule has 0 aliphatic carbocycles. The van der Waals surface area contributed by atoms with E-state index < -0.39 is 6.04 Å². The molecule has 2 aromatic carbocycles. The first-order valence-electron chi connectivity index (χ1n) is 6.15. The van der Waals surface area contributed by atoms with Crippen LogP contribution < -0.4 is 5.73 Å². The smallest absolute Gasteiger partial charge is 0.248 e. The molecule has 20 heavy (non-hydrogen) atoms. The van der Waals surface area contributed by atoms with Gasteiger partial charge < -0.3 is 10.3 Å². The number of nitrogens with two attached hydrogens (primary N) is 1. The number of hydrogen-bond donors (Lipinski definition) is 1. The van der Waals surface area contributed by atoms with Crippen LogP contribution in [0.1, 0.15) is 17.5 Å². The summed E-state index contributed by atoms with van der Waals surface area (Å²) in [7, 11) is 0. The van der Waals surface area contributed by atoms with E-state index in [4.69, 9.17) is 21.9 Å². The van der Waals surface area contributed by atoms with Gasteiger partial charge in [-0.2, -0.15) is 4.98 Å². The molecule has 3 rings (SSSR count). The fraction of sp³-hybridized carbons (Fsp3) is 0.0667. The minimum Gasteiger partial charge on any atom is -0.337 e. The summed E-state index contributed by atoms with van der Waals surface area (Å²) in [6, 6.07) is 16.4. The summed E-state index contributed by atoms with van der Waals surface area (Å²) >= 11 is 6.12. The van der Waals surface area contributed by atoms with Crippen molar-refractivity contribution in [1.82, 2.24) is 10.1 Å². The lowest BCUT2D eigenvalue weighted by atomic mass is 10.1. The number of hydrogen-bond acceptors (Lipinski definition) is 4. The predicted molar refractivity (Wildman–Crippen MR) is 77.2 cm³/mol. The van der Waals surface area contributed by atoms with E-state index in [2.05, 4.69) is 10.1 Å². The number of aromatic nitrogens is 2. The van der Waals surface area contributed by atoms with Crippen molar-refractivity contribution in [3.05, 3.63) is 71.1 Å². The van der Waals surface area contributed by atoms with Crippen LogP contribution in [-0.2, 0) is 0 Å². The largest absolute Gasteiger partial charge is 0.337 e. The summed E-state index contributed by atoms with van der Waals surface area (Å²) in [4.78, 5) is 4.34. The van der Waals surface area contributed by atoms with E-state index in [1.54, 1.807) is 6.07 Å². The summed E-state index contributed by atoms with van der Waals surface area (Å²) < 4.78 is 5.25. The van der Waals surface area contributed by atoms with Crippen LogP contribution in [-0.4, -0.2) is 10.1 Å². The Morgan fingerprint density at radius 3 is 2.45 bits per heavy atom. The number of benzene rings is 2. The number of halogens is 1. The van der Waals surface area contributed by atoms with Gasteiger partial charge in [-0.1, -0.05) is 65.3 Å². The van der Waals surface area contributed by atoms with Crippen LogP contribution >= 0.6 is 11.6 Å². The number of rotatable bonds is 3. The molecular weight excluding hydrogens is 274 g/mol. The second-order valence-corrected chi connectivity index (χ2v) is 4.73. The highest BCUT2D eigenvalue weighted by molar-refractivity contribution is 6.31. The van der Waals surface area contributed by atoms with Crippen LogP contribution in [0.5, 0.6) is 0 Å². The quantitative estimate of drug-likeness (QED) is 0.800. The van der Waals surface area contributed by atoms with E-state index in [1.807, 2.05) is 48.5 Å². The maximum Gasteiger partial charge on any atom is 0.248 e. The SMILES string of the molecule is N[C@@H](c1nc(-c2ccccc2)no1)c1ccccc1Cl. The van der Waals surface area contributed by atoms with Crippen LogP contribution in [0.2, 0.25) is 5.02 Å².